The average Bonchev–Trinajstić information content (AvgIpc) is 3.06. The molecule has 2 fully saturated rings. The summed E-state index contributed by atoms with van der Waals surface area (Å²) in [7, 11) is 1.71. The number of methoxy groups -OCH3 is 1. The Morgan fingerprint density at radius 2 is 2.40 bits per heavy atom. The van der Waals surface area contributed by atoms with Gasteiger partial charge in [-0.2, -0.15) is 0 Å². The SMILES string of the molecule is CO[C@@H]1CO[C@@]2(CCN(C(=O)c3cccc(C)n3)C2)C1. The van der Waals surface area contributed by atoms with Crippen LogP contribution in [0.4, 0.5) is 0 Å². The zero-order valence-electron chi connectivity index (χ0n) is 12.0. The highest BCUT2D eigenvalue weighted by atomic mass is 16.6. The number of rotatable bonds is 2. The van der Waals surface area contributed by atoms with Gasteiger partial charge in [0.15, 0.2) is 0 Å². The second-order valence-electron chi connectivity index (χ2n) is 5.70. The molecule has 3 rings (SSSR count). The van der Waals surface area contributed by atoms with Crippen molar-refractivity contribution in [1.29, 1.82) is 0 Å². The summed E-state index contributed by atoms with van der Waals surface area (Å²) in [5.41, 5.74) is 1.17. The van der Waals surface area contributed by atoms with E-state index in [9.17, 15) is 4.79 Å². The van der Waals surface area contributed by atoms with Crippen molar-refractivity contribution in [1.82, 2.24) is 9.88 Å². The molecule has 1 aromatic heterocycles. The number of likely N-dealkylation sites (tertiary alicyclic amines) is 1. The van der Waals surface area contributed by atoms with Crippen LogP contribution in [0.3, 0.4) is 0 Å². The monoisotopic (exact) mass is 276 g/mol. The molecule has 1 spiro atoms. The third-order valence-corrected chi connectivity index (χ3v) is 4.22. The summed E-state index contributed by atoms with van der Waals surface area (Å²) >= 11 is 0. The summed E-state index contributed by atoms with van der Waals surface area (Å²) in [5.74, 6) is -0.00459. The highest BCUT2D eigenvalue weighted by Crippen LogP contribution is 2.36. The number of amides is 1. The first kappa shape index (κ1) is 13.5. The Balaban J connectivity index is 1.70. The Morgan fingerprint density at radius 1 is 1.55 bits per heavy atom. The second kappa shape index (κ2) is 5.14. The van der Waals surface area contributed by atoms with E-state index in [0.717, 1.165) is 25.1 Å². The van der Waals surface area contributed by atoms with Crippen molar-refractivity contribution in [3.8, 4) is 0 Å². The van der Waals surface area contributed by atoms with E-state index in [1.807, 2.05) is 24.0 Å². The standard InChI is InChI=1S/C15H20N2O3/c1-11-4-3-5-13(16-11)14(18)17-7-6-15(10-17)8-12(19-2)9-20-15/h3-5,12H,6-10H2,1-2H3/t12-,15-/m0/s1. The number of pyridine rings is 1. The van der Waals surface area contributed by atoms with Crippen LogP contribution in [0.1, 0.15) is 29.0 Å². The molecule has 0 aromatic carbocycles. The van der Waals surface area contributed by atoms with Gasteiger partial charge in [-0.05, 0) is 25.5 Å². The van der Waals surface area contributed by atoms with Crippen molar-refractivity contribution in [3.63, 3.8) is 0 Å². The molecular formula is C15H20N2O3. The topological polar surface area (TPSA) is 51.7 Å². The van der Waals surface area contributed by atoms with Crippen molar-refractivity contribution < 1.29 is 14.3 Å². The Kier molecular flexibility index (Phi) is 3.48. The zero-order chi connectivity index (χ0) is 14.2. The van der Waals surface area contributed by atoms with Crippen molar-refractivity contribution >= 4 is 5.91 Å². The van der Waals surface area contributed by atoms with Crippen LogP contribution in [0.5, 0.6) is 0 Å². The molecule has 0 unspecified atom stereocenters. The minimum atomic E-state index is -0.208. The molecule has 0 aliphatic carbocycles. The van der Waals surface area contributed by atoms with E-state index in [0.29, 0.717) is 18.8 Å². The number of carbonyl (C=O) groups excluding carboxylic acids is 1. The normalized spacial score (nSPS) is 29.3. The van der Waals surface area contributed by atoms with E-state index in [2.05, 4.69) is 4.98 Å². The van der Waals surface area contributed by atoms with Gasteiger partial charge in [0.2, 0.25) is 0 Å². The molecule has 0 radical (unpaired) electrons. The molecule has 2 saturated heterocycles. The largest absolute Gasteiger partial charge is 0.379 e. The van der Waals surface area contributed by atoms with Crippen LogP contribution in [0, 0.1) is 6.92 Å². The molecule has 1 aromatic rings. The Hall–Kier alpha value is -1.46. The number of aryl methyl sites for hydroxylation is 1. The van der Waals surface area contributed by atoms with Gasteiger partial charge >= 0.3 is 0 Å². The lowest BCUT2D eigenvalue weighted by Gasteiger charge is -2.23. The van der Waals surface area contributed by atoms with Crippen molar-refractivity contribution in [3.05, 3.63) is 29.6 Å². The first-order chi connectivity index (χ1) is 9.62. The molecule has 5 heteroatoms. The third-order valence-electron chi connectivity index (χ3n) is 4.22. The summed E-state index contributed by atoms with van der Waals surface area (Å²) in [6.07, 6.45) is 1.90. The van der Waals surface area contributed by atoms with Crippen LogP contribution in [-0.2, 0) is 9.47 Å². The van der Waals surface area contributed by atoms with E-state index in [1.54, 1.807) is 13.2 Å². The summed E-state index contributed by atoms with van der Waals surface area (Å²) in [5, 5.41) is 0. The van der Waals surface area contributed by atoms with E-state index in [1.165, 1.54) is 0 Å². The van der Waals surface area contributed by atoms with Gasteiger partial charge in [-0.25, -0.2) is 4.98 Å². The Morgan fingerprint density at radius 3 is 3.10 bits per heavy atom. The van der Waals surface area contributed by atoms with Gasteiger partial charge in [-0.15, -0.1) is 0 Å². The smallest absolute Gasteiger partial charge is 0.272 e. The van der Waals surface area contributed by atoms with Crippen LogP contribution < -0.4 is 0 Å². The molecule has 5 nitrogen and oxygen atoms in total. The summed E-state index contributed by atoms with van der Waals surface area (Å²) in [4.78, 5) is 18.6. The van der Waals surface area contributed by atoms with Gasteiger partial charge in [0.25, 0.3) is 5.91 Å². The number of nitrogens with zero attached hydrogens (tertiary/aromatic N) is 2. The third kappa shape index (κ3) is 2.43. The molecule has 0 saturated carbocycles. The van der Waals surface area contributed by atoms with E-state index < -0.39 is 0 Å². The first-order valence-corrected chi connectivity index (χ1v) is 7.02. The molecule has 2 aliphatic rings. The van der Waals surface area contributed by atoms with Crippen LogP contribution in [0.25, 0.3) is 0 Å². The Bertz CT molecular complexity index is 520. The Labute approximate surface area is 118 Å². The molecule has 2 aliphatic heterocycles. The fourth-order valence-electron chi connectivity index (χ4n) is 3.08. The second-order valence-corrected chi connectivity index (χ2v) is 5.70. The summed E-state index contributed by atoms with van der Waals surface area (Å²) < 4.78 is 11.3. The van der Waals surface area contributed by atoms with Gasteiger partial charge in [-0.3, -0.25) is 4.79 Å². The minimum absolute atomic E-state index is 0.00459. The fourth-order valence-corrected chi connectivity index (χ4v) is 3.08. The predicted octanol–water partition coefficient (Wildman–Crippen LogP) is 1.41. The summed E-state index contributed by atoms with van der Waals surface area (Å²) in [6, 6.07) is 5.54. The lowest BCUT2D eigenvalue weighted by Crippen LogP contribution is -2.36. The molecule has 0 bridgehead atoms. The lowest BCUT2D eigenvalue weighted by atomic mass is 9.98. The van der Waals surface area contributed by atoms with Crippen LogP contribution in [0.2, 0.25) is 0 Å². The highest BCUT2D eigenvalue weighted by Gasteiger charge is 2.47. The molecule has 3 heterocycles. The van der Waals surface area contributed by atoms with Crippen molar-refractivity contribution in [2.24, 2.45) is 0 Å². The summed E-state index contributed by atoms with van der Waals surface area (Å²) in [6.45, 7) is 3.89. The predicted molar refractivity (Wildman–Crippen MR) is 73.6 cm³/mol. The van der Waals surface area contributed by atoms with Crippen molar-refractivity contribution in [2.75, 3.05) is 26.8 Å². The van der Waals surface area contributed by atoms with Crippen LogP contribution >= 0.6 is 0 Å². The average molecular weight is 276 g/mol. The molecule has 1 amide bonds. The number of carbonyl (C=O) groups is 1. The van der Waals surface area contributed by atoms with Gasteiger partial charge in [0.05, 0.1) is 24.9 Å². The van der Waals surface area contributed by atoms with E-state index >= 15 is 0 Å². The number of hydrogen-bond donors (Lipinski definition) is 0. The first-order valence-electron chi connectivity index (χ1n) is 7.02. The van der Waals surface area contributed by atoms with Crippen molar-refractivity contribution in [2.45, 2.75) is 31.5 Å². The number of hydrogen-bond acceptors (Lipinski definition) is 4. The van der Waals surface area contributed by atoms with Gasteiger partial charge < -0.3 is 14.4 Å². The molecular weight excluding hydrogens is 256 g/mol. The maximum absolute atomic E-state index is 12.5. The zero-order valence-corrected chi connectivity index (χ0v) is 12.0. The molecule has 2 atom stereocenters. The molecule has 20 heavy (non-hydrogen) atoms. The highest BCUT2D eigenvalue weighted by molar-refractivity contribution is 5.92. The number of aromatic nitrogens is 1. The van der Waals surface area contributed by atoms with Gasteiger partial charge in [0, 0.05) is 25.8 Å². The maximum Gasteiger partial charge on any atom is 0.272 e. The fraction of sp³-hybridized carbons (Fsp3) is 0.600. The van der Waals surface area contributed by atoms with E-state index in [-0.39, 0.29) is 17.6 Å². The lowest BCUT2D eigenvalue weighted by molar-refractivity contribution is 0.00697. The molecule has 108 valence electrons. The van der Waals surface area contributed by atoms with Gasteiger partial charge in [-0.1, -0.05) is 6.07 Å². The van der Waals surface area contributed by atoms with E-state index in [4.69, 9.17) is 9.47 Å². The van der Waals surface area contributed by atoms with Gasteiger partial charge in [0.1, 0.15) is 5.69 Å². The van der Waals surface area contributed by atoms with Crippen LogP contribution in [-0.4, -0.2) is 54.3 Å². The number of ether oxygens (including phenoxy) is 2. The quantitative estimate of drug-likeness (QED) is 0.819. The van der Waals surface area contributed by atoms with Crippen LogP contribution in [0.15, 0.2) is 18.2 Å². The minimum Gasteiger partial charge on any atom is -0.379 e. The molecule has 0 N–H and O–H groups in total. The maximum atomic E-state index is 12.5.